The molecular weight excluding hydrogens is 309 g/mol. The van der Waals surface area contributed by atoms with Gasteiger partial charge in [-0.1, -0.05) is 42.5 Å². The number of rotatable bonds is 4. The minimum absolute atomic E-state index is 0.241. The summed E-state index contributed by atoms with van der Waals surface area (Å²) in [5, 5.41) is 6.32. The molecule has 0 aliphatic rings. The highest BCUT2D eigenvalue weighted by molar-refractivity contribution is 7.80. The maximum absolute atomic E-state index is 12.6. The van der Waals surface area contributed by atoms with Crippen LogP contribution in [0.4, 0.5) is 13.2 Å². The molecule has 0 radical (unpaired) electrons. The maximum Gasteiger partial charge on any atom is 0.416 e. The van der Waals surface area contributed by atoms with Crippen molar-refractivity contribution in [3.05, 3.63) is 71.3 Å². The van der Waals surface area contributed by atoms with Crippen molar-refractivity contribution in [2.24, 2.45) is 0 Å². The molecule has 0 unspecified atom stereocenters. The number of alkyl halides is 3. The zero-order chi connectivity index (χ0) is 16.0. The normalized spacial score (nSPS) is 11.0. The lowest BCUT2D eigenvalue weighted by atomic mass is 10.1. The van der Waals surface area contributed by atoms with Gasteiger partial charge in [-0.15, -0.1) is 0 Å². The summed E-state index contributed by atoms with van der Waals surface area (Å²) in [4.78, 5) is 0. The molecule has 0 aliphatic heterocycles. The van der Waals surface area contributed by atoms with E-state index in [0.717, 1.165) is 17.7 Å². The number of thiocarbonyl (C=S) groups is 1. The van der Waals surface area contributed by atoms with Crippen LogP contribution in [-0.4, -0.2) is 5.11 Å². The van der Waals surface area contributed by atoms with Crippen LogP contribution >= 0.6 is 12.2 Å². The van der Waals surface area contributed by atoms with Crippen molar-refractivity contribution in [2.75, 3.05) is 0 Å². The topological polar surface area (TPSA) is 24.1 Å². The van der Waals surface area contributed by atoms with Gasteiger partial charge in [-0.25, -0.2) is 0 Å². The Labute approximate surface area is 132 Å². The fraction of sp³-hybridized carbons (Fsp3) is 0.188. The van der Waals surface area contributed by atoms with E-state index in [-0.39, 0.29) is 6.54 Å². The number of hydrogen-bond acceptors (Lipinski definition) is 1. The average Bonchev–Trinajstić information content (AvgIpc) is 2.51. The van der Waals surface area contributed by atoms with Gasteiger partial charge in [0.15, 0.2) is 5.11 Å². The van der Waals surface area contributed by atoms with E-state index in [0.29, 0.717) is 17.2 Å². The summed E-state index contributed by atoms with van der Waals surface area (Å²) in [6.07, 6.45) is -4.33. The Morgan fingerprint density at radius 3 is 2.09 bits per heavy atom. The highest BCUT2D eigenvalue weighted by Gasteiger charge is 2.30. The van der Waals surface area contributed by atoms with Gasteiger partial charge in [0.25, 0.3) is 0 Å². The van der Waals surface area contributed by atoms with Gasteiger partial charge in [-0.2, -0.15) is 13.2 Å². The van der Waals surface area contributed by atoms with Crippen LogP contribution in [0.25, 0.3) is 0 Å². The first-order valence-corrected chi connectivity index (χ1v) is 7.08. The highest BCUT2D eigenvalue weighted by Crippen LogP contribution is 2.29. The van der Waals surface area contributed by atoms with E-state index in [9.17, 15) is 13.2 Å². The second-order valence-corrected chi connectivity index (χ2v) is 5.13. The van der Waals surface area contributed by atoms with E-state index < -0.39 is 11.7 Å². The molecule has 2 nitrogen and oxygen atoms in total. The summed E-state index contributed by atoms with van der Waals surface area (Å²) in [5.41, 5.74) is 0.944. The van der Waals surface area contributed by atoms with Crippen molar-refractivity contribution in [1.29, 1.82) is 0 Å². The molecule has 2 aromatic rings. The number of nitrogens with one attached hydrogen (secondary N) is 2. The Morgan fingerprint density at radius 1 is 0.864 bits per heavy atom. The molecule has 0 saturated heterocycles. The summed E-state index contributed by atoms with van der Waals surface area (Å²) in [7, 11) is 0. The zero-order valence-corrected chi connectivity index (χ0v) is 12.5. The first-order valence-electron chi connectivity index (χ1n) is 6.67. The van der Waals surface area contributed by atoms with Crippen LogP contribution in [-0.2, 0) is 19.3 Å². The molecule has 116 valence electrons. The van der Waals surface area contributed by atoms with Crippen molar-refractivity contribution in [3.8, 4) is 0 Å². The summed E-state index contributed by atoms with van der Waals surface area (Å²) >= 11 is 5.11. The molecule has 2 rings (SSSR count). The Morgan fingerprint density at radius 2 is 1.45 bits per heavy atom. The average molecular weight is 324 g/mol. The molecule has 6 heteroatoms. The van der Waals surface area contributed by atoms with E-state index in [4.69, 9.17) is 12.2 Å². The standard InChI is InChI=1S/C16H15F3N2S/c17-16(18,19)14-8-4-7-13(9-14)11-21-15(22)20-10-12-5-2-1-3-6-12/h1-9H,10-11H2,(H2,20,21,22). The lowest BCUT2D eigenvalue weighted by Gasteiger charge is -2.12. The summed E-state index contributed by atoms with van der Waals surface area (Å²) in [6, 6.07) is 14.9. The minimum atomic E-state index is -4.33. The third kappa shape index (κ3) is 5.04. The predicted octanol–water partition coefficient (Wildman–Crippen LogP) is 3.87. The predicted molar refractivity (Wildman–Crippen MR) is 84.2 cm³/mol. The van der Waals surface area contributed by atoms with Crippen molar-refractivity contribution in [1.82, 2.24) is 10.6 Å². The van der Waals surface area contributed by atoms with Crippen LogP contribution in [0.15, 0.2) is 54.6 Å². The van der Waals surface area contributed by atoms with Crippen LogP contribution in [0, 0.1) is 0 Å². The SMILES string of the molecule is FC(F)(F)c1cccc(CNC(=S)NCc2ccccc2)c1. The molecule has 0 bridgehead atoms. The van der Waals surface area contributed by atoms with Gasteiger partial charge < -0.3 is 10.6 Å². The molecule has 0 atom stereocenters. The van der Waals surface area contributed by atoms with E-state index >= 15 is 0 Å². The van der Waals surface area contributed by atoms with Gasteiger partial charge in [0.2, 0.25) is 0 Å². The van der Waals surface area contributed by atoms with Crippen LogP contribution in [0.2, 0.25) is 0 Å². The van der Waals surface area contributed by atoms with Crippen LogP contribution in [0.5, 0.6) is 0 Å². The molecule has 0 amide bonds. The van der Waals surface area contributed by atoms with Gasteiger partial charge in [0.05, 0.1) is 5.56 Å². The van der Waals surface area contributed by atoms with E-state index in [1.807, 2.05) is 30.3 Å². The van der Waals surface area contributed by atoms with Gasteiger partial charge in [0, 0.05) is 13.1 Å². The van der Waals surface area contributed by atoms with Gasteiger partial charge in [-0.05, 0) is 35.5 Å². The summed E-state index contributed by atoms with van der Waals surface area (Å²) < 4.78 is 37.8. The van der Waals surface area contributed by atoms with Gasteiger partial charge >= 0.3 is 6.18 Å². The third-order valence-electron chi connectivity index (χ3n) is 3.00. The van der Waals surface area contributed by atoms with Crippen molar-refractivity contribution >= 4 is 17.3 Å². The van der Waals surface area contributed by atoms with Crippen LogP contribution in [0.1, 0.15) is 16.7 Å². The molecular formula is C16H15F3N2S. The maximum atomic E-state index is 12.6. The van der Waals surface area contributed by atoms with Crippen molar-refractivity contribution in [3.63, 3.8) is 0 Å². The number of hydrogen-bond donors (Lipinski definition) is 2. The summed E-state index contributed by atoms with van der Waals surface area (Å²) in [6.45, 7) is 0.805. The molecule has 2 N–H and O–H groups in total. The Bertz CT molecular complexity index is 627. The molecule has 0 fully saturated rings. The smallest absolute Gasteiger partial charge is 0.359 e. The second-order valence-electron chi connectivity index (χ2n) is 4.72. The molecule has 0 spiro atoms. The fourth-order valence-electron chi connectivity index (χ4n) is 1.88. The van der Waals surface area contributed by atoms with Crippen LogP contribution in [0.3, 0.4) is 0 Å². The monoisotopic (exact) mass is 324 g/mol. The molecule has 2 aromatic carbocycles. The first-order chi connectivity index (χ1) is 10.4. The van der Waals surface area contributed by atoms with Gasteiger partial charge in [0.1, 0.15) is 0 Å². The zero-order valence-electron chi connectivity index (χ0n) is 11.7. The van der Waals surface area contributed by atoms with E-state index in [2.05, 4.69) is 10.6 Å². The molecule has 0 heterocycles. The quantitative estimate of drug-likeness (QED) is 0.835. The van der Waals surface area contributed by atoms with Crippen LogP contribution < -0.4 is 10.6 Å². The Kier molecular flexibility index (Phi) is 5.38. The van der Waals surface area contributed by atoms with E-state index in [1.165, 1.54) is 6.07 Å². The first kappa shape index (κ1) is 16.3. The Hall–Kier alpha value is -2.08. The lowest BCUT2D eigenvalue weighted by molar-refractivity contribution is -0.137. The second kappa shape index (κ2) is 7.26. The molecule has 0 aliphatic carbocycles. The van der Waals surface area contributed by atoms with Crippen molar-refractivity contribution < 1.29 is 13.2 Å². The minimum Gasteiger partial charge on any atom is -0.359 e. The third-order valence-corrected chi connectivity index (χ3v) is 3.29. The molecule has 0 saturated carbocycles. The van der Waals surface area contributed by atoms with Crippen molar-refractivity contribution in [2.45, 2.75) is 19.3 Å². The number of benzene rings is 2. The largest absolute Gasteiger partial charge is 0.416 e. The molecule has 0 aromatic heterocycles. The van der Waals surface area contributed by atoms with E-state index in [1.54, 1.807) is 6.07 Å². The lowest BCUT2D eigenvalue weighted by Crippen LogP contribution is -2.34. The fourth-order valence-corrected chi connectivity index (χ4v) is 2.02. The molecule has 22 heavy (non-hydrogen) atoms. The Balaban J connectivity index is 1.84. The summed E-state index contributed by atoms with van der Waals surface area (Å²) in [5.74, 6) is 0. The highest BCUT2D eigenvalue weighted by atomic mass is 32.1. The van der Waals surface area contributed by atoms with Gasteiger partial charge in [-0.3, -0.25) is 0 Å². The number of halogens is 3.